The number of aliphatic imine (C=N–C) groups is 1. The zero-order valence-corrected chi connectivity index (χ0v) is 16.4. The van der Waals surface area contributed by atoms with Crippen molar-refractivity contribution in [2.24, 2.45) is 10.9 Å². The van der Waals surface area contributed by atoms with Gasteiger partial charge in [0.25, 0.3) is 0 Å². The number of nitrogens with zero attached hydrogens (tertiary/aromatic N) is 3. The zero-order chi connectivity index (χ0) is 18.1. The molecule has 2 rings (SSSR count). The van der Waals surface area contributed by atoms with Crippen LogP contribution in [0.2, 0.25) is 0 Å². The van der Waals surface area contributed by atoms with Gasteiger partial charge in [0.1, 0.15) is 5.76 Å². The van der Waals surface area contributed by atoms with Gasteiger partial charge >= 0.3 is 0 Å². The third-order valence-electron chi connectivity index (χ3n) is 4.90. The molecular weight excluding hydrogens is 314 g/mol. The molecule has 6 nitrogen and oxygen atoms in total. The van der Waals surface area contributed by atoms with E-state index in [0.717, 1.165) is 43.3 Å². The van der Waals surface area contributed by atoms with Gasteiger partial charge in [0.2, 0.25) is 0 Å². The molecule has 0 aliphatic carbocycles. The minimum atomic E-state index is 0.602. The molecule has 2 heterocycles. The molecule has 2 N–H and O–H groups in total. The summed E-state index contributed by atoms with van der Waals surface area (Å²) in [5, 5.41) is 11.0. The Balaban J connectivity index is 1.77. The topological polar surface area (TPSA) is 65.7 Å². The Kier molecular flexibility index (Phi) is 8.25. The van der Waals surface area contributed by atoms with E-state index in [2.05, 4.69) is 46.5 Å². The fourth-order valence-electron chi connectivity index (χ4n) is 3.45. The van der Waals surface area contributed by atoms with Gasteiger partial charge in [-0.25, -0.2) is 0 Å². The van der Waals surface area contributed by atoms with Crippen molar-refractivity contribution in [3.8, 4) is 0 Å². The fraction of sp³-hybridized carbons (Fsp3) is 0.789. The summed E-state index contributed by atoms with van der Waals surface area (Å²) in [5.41, 5.74) is 2.22. The second-order valence-corrected chi connectivity index (χ2v) is 7.01. The predicted molar refractivity (Wildman–Crippen MR) is 103 cm³/mol. The highest BCUT2D eigenvalue weighted by molar-refractivity contribution is 5.79. The van der Waals surface area contributed by atoms with E-state index in [1.54, 1.807) is 0 Å². The van der Waals surface area contributed by atoms with Gasteiger partial charge in [0.15, 0.2) is 5.96 Å². The van der Waals surface area contributed by atoms with Gasteiger partial charge in [-0.05, 0) is 38.3 Å². The summed E-state index contributed by atoms with van der Waals surface area (Å²) in [6, 6.07) is 0. The lowest BCUT2D eigenvalue weighted by Crippen LogP contribution is -2.42. The molecule has 1 aromatic rings. The number of nitrogens with one attached hydrogen (secondary N) is 2. The summed E-state index contributed by atoms with van der Waals surface area (Å²) < 4.78 is 5.43. The molecule has 1 unspecified atom stereocenters. The maximum atomic E-state index is 5.43. The predicted octanol–water partition coefficient (Wildman–Crippen LogP) is 2.59. The molecule has 1 aromatic heterocycles. The average Bonchev–Trinajstić information content (AvgIpc) is 3.04. The third-order valence-corrected chi connectivity index (χ3v) is 4.90. The molecule has 0 bridgehead atoms. The van der Waals surface area contributed by atoms with Gasteiger partial charge in [-0.3, -0.25) is 4.99 Å². The Morgan fingerprint density at radius 3 is 2.60 bits per heavy atom. The molecule has 25 heavy (non-hydrogen) atoms. The van der Waals surface area contributed by atoms with Gasteiger partial charge in [-0.1, -0.05) is 32.3 Å². The van der Waals surface area contributed by atoms with Crippen LogP contribution in [0.1, 0.15) is 57.1 Å². The average molecular weight is 350 g/mol. The van der Waals surface area contributed by atoms with Gasteiger partial charge < -0.3 is 20.1 Å². The molecule has 0 aromatic carbocycles. The van der Waals surface area contributed by atoms with E-state index >= 15 is 0 Å². The first-order valence-electron chi connectivity index (χ1n) is 9.81. The number of hydrogen-bond donors (Lipinski definition) is 2. The van der Waals surface area contributed by atoms with E-state index in [1.165, 1.54) is 37.9 Å². The van der Waals surface area contributed by atoms with Crippen molar-refractivity contribution >= 4 is 5.96 Å². The van der Waals surface area contributed by atoms with Crippen molar-refractivity contribution in [1.82, 2.24) is 20.7 Å². The molecule has 0 amide bonds. The lowest BCUT2D eigenvalue weighted by molar-refractivity contribution is 0.201. The van der Waals surface area contributed by atoms with Crippen LogP contribution >= 0.6 is 0 Å². The molecule has 0 radical (unpaired) electrons. The number of rotatable bonds is 8. The Bertz CT molecular complexity index is 512. The summed E-state index contributed by atoms with van der Waals surface area (Å²) in [6.07, 6.45) is 5.84. The second-order valence-electron chi connectivity index (χ2n) is 7.01. The lowest BCUT2D eigenvalue weighted by atomic mass is 10.1. The monoisotopic (exact) mass is 349 g/mol. The number of hydrogen-bond acceptors (Lipinski definition) is 4. The molecule has 0 saturated carbocycles. The van der Waals surface area contributed by atoms with E-state index in [4.69, 9.17) is 4.52 Å². The molecular formula is C19H35N5O. The van der Waals surface area contributed by atoms with Crippen molar-refractivity contribution in [2.75, 3.05) is 33.2 Å². The zero-order valence-electron chi connectivity index (χ0n) is 16.4. The molecule has 0 spiro atoms. The SMILES string of the molecule is CCc1noc(CC)c1CNC(=NC)NCC(C)CN1CCCCC1. The smallest absolute Gasteiger partial charge is 0.191 e. The van der Waals surface area contributed by atoms with Crippen molar-refractivity contribution in [3.63, 3.8) is 0 Å². The van der Waals surface area contributed by atoms with E-state index < -0.39 is 0 Å². The minimum Gasteiger partial charge on any atom is -0.361 e. The van der Waals surface area contributed by atoms with Crippen LogP contribution in [0.15, 0.2) is 9.52 Å². The summed E-state index contributed by atoms with van der Waals surface area (Å²) in [5.74, 6) is 2.42. The Hall–Kier alpha value is -1.56. The first-order chi connectivity index (χ1) is 12.2. The van der Waals surface area contributed by atoms with Crippen LogP contribution < -0.4 is 10.6 Å². The Labute approximate surface area is 152 Å². The van der Waals surface area contributed by atoms with Gasteiger partial charge in [0, 0.05) is 38.7 Å². The highest BCUT2D eigenvalue weighted by Crippen LogP contribution is 2.15. The second kappa shape index (κ2) is 10.4. The van der Waals surface area contributed by atoms with E-state index in [1.807, 2.05) is 7.05 Å². The molecule has 1 fully saturated rings. The quantitative estimate of drug-likeness (QED) is 0.558. The number of guanidine groups is 1. The van der Waals surface area contributed by atoms with Crippen LogP contribution in [0.5, 0.6) is 0 Å². The van der Waals surface area contributed by atoms with E-state index in [0.29, 0.717) is 12.5 Å². The van der Waals surface area contributed by atoms with Gasteiger partial charge in [0.05, 0.1) is 5.69 Å². The van der Waals surface area contributed by atoms with E-state index in [9.17, 15) is 0 Å². The maximum absolute atomic E-state index is 5.43. The summed E-state index contributed by atoms with van der Waals surface area (Å²) in [4.78, 5) is 6.93. The fourth-order valence-corrected chi connectivity index (χ4v) is 3.45. The lowest BCUT2D eigenvalue weighted by Gasteiger charge is -2.29. The van der Waals surface area contributed by atoms with Crippen molar-refractivity contribution < 1.29 is 4.52 Å². The Morgan fingerprint density at radius 1 is 1.20 bits per heavy atom. The van der Waals surface area contributed by atoms with E-state index in [-0.39, 0.29) is 0 Å². The summed E-state index contributed by atoms with van der Waals surface area (Å²) in [6.45, 7) is 11.8. The highest BCUT2D eigenvalue weighted by atomic mass is 16.5. The van der Waals surface area contributed by atoms with Crippen molar-refractivity contribution in [1.29, 1.82) is 0 Å². The summed E-state index contributed by atoms with van der Waals surface area (Å²) in [7, 11) is 1.82. The molecule has 1 aliphatic heterocycles. The van der Waals surface area contributed by atoms with Crippen LogP contribution in [0, 0.1) is 5.92 Å². The van der Waals surface area contributed by atoms with Crippen molar-refractivity contribution in [3.05, 3.63) is 17.0 Å². The molecule has 1 saturated heterocycles. The van der Waals surface area contributed by atoms with Crippen LogP contribution in [0.25, 0.3) is 0 Å². The van der Waals surface area contributed by atoms with Crippen LogP contribution in [-0.2, 0) is 19.4 Å². The Morgan fingerprint density at radius 2 is 1.96 bits per heavy atom. The van der Waals surface area contributed by atoms with Crippen LogP contribution in [0.4, 0.5) is 0 Å². The number of piperidine rings is 1. The number of likely N-dealkylation sites (tertiary alicyclic amines) is 1. The molecule has 6 heteroatoms. The third kappa shape index (κ3) is 6.03. The maximum Gasteiger partial charge on any atom is 0.191 e. The molecule has 1 aliphatic rings. The standard InChI is InChI=1S/C19H35N5O/c1-5-17-16(18(6-2)25-23-17)13-22-19(20-4)21-12-15(3)14-24-10-8-7-9-11-24/h15H,5-14H2,1-4H3,(H2,20,21,22). The molecule has 1 atom stereocenters. The van der Waals surface area contributed by atoms with Crippen LogP contribution in [-0.4, -0.2) is 49.2 Å². The van der Waals surface area contributed by atoms with Gasteiger partial charge in [-0.2, -0.15) is 0 Å². The first kappa shape index (κ1) is 19.8. The molecule has 142 valence electrons. The minimum absolute atomic E-state index is 0.602. The first-order valence-corrected chi connectivity index (χ1v) is 9.81. The number of aryl methyl sites for hydroxylation is 2. The largest absolute Gasteiger partial charge is 0.361 e. The van der Waals surface area contributed by atoms with Crippen LogP contribution in [0.3, 0.4) is 0 Å². The normalized spacial score (nSPS) is 17.5. The van der Waals surface area contributed by atoms with Crippen molar-refractivity contribution in [2.45, 2.75) is 59.4 Å². The summed E-state index contributed by atoms with van der Waals surface area (Å²) >= 11 is 0. The number of aromatic nitrogens is 1. The van der Waals surface area contributed by atoms with Gasteiger partial charge in [-0.15, -0.1) is 0 Å². The highest BCUT2D eigenvalue weighted by Gasteiger charge is 2.15.